The molecule has 162 valence electrons. The fraction of sp³-hybridized carbons (Fsp3) is 0.227. The zero-order valence-corrected chi connectivity index (χ0v) is 18.1. The Morgan fingerprint density at radius 2 is 1.71 bits per heavy atom. The predicted molar refractivity (Wildman–Crippen MR) is 117 cm³/mol. The lowest BCUT2D eigenvalue weighted by Gasteiger charge is -2.15. The summed E-state index contributed by atoms with van der Waals surface area (Å²) in [5, 5.41) is 4.46. The highest BCUT2D eigenvalue weighted by molar-refractivity contribution is 6.33. The Morgan fingerprint density at radius 1 is 1.06 bits per heavy atom. The van der Waals surface area contributed by atoms with Gasteiger partial charge in [-0.25, -0.2) is 4.68 Å². The van der Waals surface area contributed by atoms with Crippen LogP contribution in [-0.4, -0.2) is 34.3 Å². The molecule has 9 heteroatoms. The molecule has 8 nitrogen and oxygen atoms in total. The van der Waals surface area contributed by atoms with E-state index < -0.39 is 17.9 Å². The number of para-hydroxylation sites is 1. The minimum Gasteiger partial charge on any atom is -0.494 e. The Bertz CT molecular complexity index is 1050. The van der Waals surface area contributed by atoms with Crippen molar-refractivity contribution in [2.24, 2.45) is 0 Å². The summed E-state index contributed by atoms with van der Waals surface area (Å²) in [6.07, 6.45) is -0.846. The van der Waals surface area contributed by atoms with Crippen molar-refractivity contribution in [2.75, 3.05) is 6.61 Å². The lowest BCUT2D eigenvalue weighted by atomic mass is 10.2. The molecule has 3 aromatic rings. The summed E-state index contributed by atoms with van der Waals surface area (Å²) in [5.74, 6) is 0.112. The highest BCUT2D eigenvalue weighted by Gasteiger charge is 2.22. The Kier molecular flexibility index (Phi) is 7.15. The van der Waals surface area contributed by atoms with E-state index in [1.165, 1.54) is 4.68 Å². The summed E-state index contributed by atoms with van der Waals surface area (Å²) >= 11 is 6.37. The van der Waals surface area contributed by atoms with Crippen LogP contribution in [0.4, 0.5) is 0 Å². The van der Waals surface area contributed by atoms with Crippen LogP contribution in [-0.2, 0) is 4.79 Å². The average molecular weight is 443 g/mol. The molecule has 2 N–H and O–H groups in total. The zero-order valence-electron chi connectivity index (χ0n) is 17.4. The van der Waals surface area contributed by atoms with Gasteiger partial charge in [0.2, 0.25) is 0 Å². The molecular formula is C22H23ClN4O4. The van der Waals surface area contributed by atoms with Crippen LogP contribution >= 0.6 is 11.6 Å². The Balaban J connectivity index is 1.60. The SMILES string of the molecule is CCOc1ccc(OC(C)C(=O)NNC(=O)c2c(C)nn(-c3ccccc3)c2Cl)cc1. The zero-order chi connectivity index (χ0) is 22.4. The molecule has 0 radical (unpaired) electrons. The third-order valence-electron chi connectivity index (χ3n) is 4.35. The number of hydrogen-bond acceptors (Lipinski definition) is 5. The quantitative estimate of drug-likeness (QED) is 0.546. The maximum atomic E-state index is 12.6. The molecule has 0 fully saturated rings. The lowest BCUT2D eigenvalue weighted by Crippen LogP contribution is -2.47. The molecule has 1 unspecified atom stereocenters. The smallest absolute Gasteiger partial charge is 0.279 e. The summed E-state index contributed by atoms with van der Waals surface area (Å²) in [4.78, 5) is 24.9. The van der Waals surface area contributed by atoms with Crippen LogP contribution < -0.4 is 20.3 Å². The van der Waals surface area contributed by atoms with Gasteiger partial charge in [0.1, 0.15) is 22.2 Å². The minimum absolute atomic E-state index is 0.147. The van der Waals surface area contributed by atoms with E-state index in [-0.39, 0.29) is 10.7 Å². The molecule has 2 amide bonds. The third-order valence-corrected chi connectivity index (χ3v) is 4.70. The predicted octanol–water partition coefficient (Wildman–Crippen LogP) is 3.46. The van der Waals surface area contributed by atoms with Gasteiger partial charge >= 0.3 is 0 Å². The number of hydrazine groups is 1. The molecule has 2 aromatic carbocycles. The number of aromatic nitrogens is 2. The van der Waals surface area contributed by atoms with Gasteiger partial charge in [0.05, 0.1) is 18.0 Å². The summed E-state index contributed by atoms with van der Waals surface area (Å²) < 4.78 is 12.4. The van der Waals surface area contributed by atoms with Crippen molar-refractivity contribution >= 4 is 23.4 Å². The van der Waals surface area contributed by atoms with Crippen molar-refractivity contribution in [3.63, 3.8) is 0 Å². The maximum absolute atomic E-state index is 12.6. The highest BCUT2D eigenvalue weighted by Crippen LogP contribution is 2.23. The van der Waals surface area contributed by atoms with Crippen molar-refractivity contribution in [3.05, 3.63) is 71.0 Å². The number of ether oxygens (including phenoxy) is 2. The van der Waals surface area contributed by atoms with E-state index in [1.807, 2.05) is 37.3 Å². The standard InChI is InChI=1S/C22H23ClN4O4/c1-4-30-17-10-12-18(13-11-17)31-15(3)21(28)24-25-22(29)19-14(2)26-27(20(19)23)16-8-6-5-7-9-16/h5-13,15H,4H2,1-3H3,(H,24,28)(H,25,29). The van der Waals surface area contributed by atoms with Crippen LogP contribution in [0.5, 0.6) is 11.5 Å². The van der Waals surface area contributed by atoms with Crippen molar-refractivity contribution < 1.29 is 19.1 Å². The number of aryl methyl sites for hydroxylation is 1. The van der Waals surface area contributed by atoms with Gasteiger partial charge in [-0.05, 0) is 57.2 Å². The van der Waals surface area contributed by atoms with Crippen LogP contribution in [0.2, 0.25) is 5.15 Å². The Hall–Kier alpha value is -3.52. The molecule has 0 bridgehead atoms. The van der Waals surface area contributed by atoms with Gasteiger partial charge in [-0.15, -0.1) is 0 Å². The molecule has 1 aromatic heterocycles. The highest BCUT2D eigenvalue weighted by atomic mass is 35.5. The first kappa shape index (κ1) is 22.2. The fourth-order valence-electron chi connectivity index (χ4n) is 2.82. The first-order valence-corrected chi connectivity index (χ1v) is 10.1. The van der Waals surface area contributed by atoms with E-state index in [1.54, 1.807) is 38.1 Å². The van der Waals surface area contributed by atoms with Gasteiger partial charge in [-0.1, -0.05) is 29.8 Å². The first-order valence-electron chi connectivity index (χ1n) is 9.71. The number of nitrogens with one attached hydrogen (secondary N) is 2. The van der Waals surface area contributed by atoms with Gasteiger partial charge in [0.15, 0.2) is 6.10 Å². The van der Waals surface area contributed by atoms with Crippen LogP contribution in [0, 0.1) is 6.92 Å². The topological polar surface area (TPSA) is 94.5 Å². The Labute approximate surface area is 185 Å². The van der Waals surface area contributed by atoms with Crippen LogP contribution in [0.25, 0.3) is 5.69 Å². The van der Waals surface area contributed by atoms with Crippen LogP contribution in [0.1, 0.15) is 29.9 Å². The van der Waals surface area contributed by atoms with Gasteiger partial charge in [-0.2, -0.15) is 5.10 Å². The summed E-state index contributed by atoms with van der Waals surface area (Å²) in [7, 11) is 0. The number of halogens is 1. The second-order valence-electron chi connectivity index (χ2n) is 6.61. The molecule has 1 heterocycles. The van der Waals surface area contributed by atoms with Crippen LogP contribution in [0.3, 0.4) is 0 Å². The normalized spacial score (nSPS) is 11.5. The molecule has 0 aliphatic carbocycles. The molecule has 1 atom stereocenters. The number of amides is 2. The van der Waals surface area contributed by atoms with Gasteiger partial charge in [0.25, 0.3) is 11.8 Å². The van der Waals surface area contributed by atoms with E-state index in [0.717, 1.165) is 5.69 Å². The Morgan fingerprint density at radius 3 is 2.35 bits per heavy atom. The third kappa shape index (κ3) is 5.35. The number of rotatable bonds is 7. The van der Waals surface area contributed by atoms with E-state index in [4.69, 9.17) is 21.1 Å². The molecule has 0 aliphatic rings. The fourth-order valence-corrected chi connectivity index (χ4v) is 3.18. The second-order valence-corrected chi connectivity index (χ2v) is 6.96. The molecule has 0 aliphatic heterocycles. The van der Waals surface area contributed by atoms with Crippen molar-refractivity contribution in [3.8, 4) is 17.2 Å². The van der Waals surface area contributed by atoms with E-state index >= 15 is 0 Å². The number of carbonyl (C=O) groups is 2. The number of carbonyl (C=O) groups excluding carboxylic acids is 2. The monoisotopic (exact) mass is 442 g/mol. The summed E-state index contributed by atoms with van der Waals surface area (Å²) in [5.41, 5.74) is 6.03. The first-order chi connectivity index (χ1) is 14.9. The van der Waals surface area contributed by atoms with Crippen molar-refractivity contribution in [2.45, 2.75) is 26.9 Å². The summed E-state index contributed by atoms with van der Waals surface area (Å²) in [6, 6.07) is 16.1. The molecule has 31 heavy (non-hydrogen) atoms. The van der Waals surface area contributed by atoms with E-state index in [2.05, 4.69) is 16.0 Å². The average Bonchev–Trinajstić information content (AvgIpc) is 3.08. The van der Waals surface area contributed by atoms with Gasteiger partial charge in [-0.3, -0.25) is 20.4 Å². The van der Waals surface area contributed by atoms with Gasteiger partial charge < -0.3 is 9.47 Å². The maximum Gasteiger partial charge on any atom is 0.279 e. The van der Waals surface area contributed by atoms with Crippen molar-refractivity contribution in [1.82, 2.24) is 20.6 Å². The largest absolute Gasteiger partial charge is 0.494 e. The molecule has 3 rings (SSSR count). The lowest BCUT2D eigenvalue weighted by molar-refractivity contribution is -0.128. The molecular weight excluding hydrogens is 420 g/mol. The number of hydrogen-bond donors (Lipinski definition) is 2. The van der Waals surface area contributed by atoms with E-state index in [0.29, 0.717) is 23.8 Å². The van der Waals surface area contributed by atoms with E-state index in [9.17, 15) is 9.59 Å². The summed E-state index contributed by atoms with van der Waals surface area (Å²) in [6.45, 7) is 5.70. The molecule has 0 saturated carbocycles. The number of benzene rings is 2. The second kappa shape index (κ2) is 9.99. The minimum atomic E-state index is -0.846. The van der Waals surface area contributed by atoms with Crippen molar-refractivity contribution in [1.29, 1.82) is 0 Å². The van der Waals surface area contributed by atoms with Crippen LogP contribution in [0.15, 0.2) is 54.6 Å². The van der Waals surface area contributed by atoms with Gasteiger partial charge in [0, 0.05) is 0 Å². The molecule has 0 saturated heterocycles. The molecule has 0 spiro atoms. The number of nitrogens with zero attached hydrogens (tertiary/aromatic N) is 2.